The van der Waals surface area contributed by atoms with E-state index < -0.39 is 10.0 Å². The topological polar surface area (TPSA) is 52.7 Å². The fourth-order valence-electron chi connectivity index (χ4n) is 3.47. The highest BCUT2D eigenvalue weighted by molar-refractivity contribution is 7.89. The monoisotopic (exact) mass is 329 g/mol. The van der Waals surface area contributed by atoms with Gasteiger partial charge in [0.15, 0.2) is 0 Å². The number of nitrogens with one attached hydrogen (secondary N) is 1. The van der Waals surface area contributed by atoms with E-state index in [1.54, 1.807) is 10.4 Å². The van der Waals surface area contributed by atoms with Crippen molar-refractivity contribution in [3.05, 3.63) is 16.3 Å². The Morgan fingerprint density at radius 3 is 3.00 bits per heavy atom. The number of hydrogen-bond donors (Lipinski definition) is 1. The van der Waals surface area contributed by atoms with Crippen LogP contribution >= 0.6 is 11.3 Å². The molecule has 2 aliphatic heterocycles. The molecule has 0 aromatic carbocycles. The molecule has 2 unspecified atom stereocenters. The van der Waals surface area contributed by atoms with Crippen LogP contribution in [0, 0.1) is 0 Å². The summed E-state index contributed by atoms with van der Waals surface area (Å²) in [5.74, 6) is 0. The van der Waals surface area contributed by atoms with Crippen LogP contribution in [0.1, 0.15) is 24.6 Å². The molecule has 2 saturated heterocycles. The van der Waals surface area contributed by atoms with Crippen molar-refractivity contribution < 1.29 is 8.42 Å². The van der Waals surface area contributed by atoms with E-state index in [2.05, 4.69) is 10.2 Å². The van der Waals surface area contributed by atoms with Gasteiger partial charge in [0.1, 0.15) is 0 Å². The third kappa shape index (κ3) is 2.77. The van der Waals surface area contributed by atoms with E-state index in [0.717, 1.165) is 24.4 Å². The molecule has 0 amide bonds. The third-order valence-electron chi connectivity index (χ3n) is 4.51. The average Bonchev–Trinajstić information content (AvgIpc) is 3.06. The number of hydrogen-bond acceptors (Lipinski definition) is 5. The summed E-state index contributed by atoms with van der Waals surface area (Å²) in [6.07, 6.45) is 2.31. The fourth-order valence-corrected chi connectivity index (χ4v) is 6.56. The molecule has 0 radical (unpaired) electrons. The highest BCUT2D eigenvalue weighted by Crippen LogP contribution is 2.31. The highest BCUT2D eigenvalue weighted by atomic mass is 32.2. The molecule has 1 aromatic heterocycles. The van der Waals surface area contributed by atoms with Crippen molar-refractivity contribution in [2.24, 2.45) is 0 Å². The molecule has 3 rings (SSSR count). The Balaban J connectivity index is 1.88. The van der Waals surface area contributed by atoms with Gasteiger partial charge in [0.25, 0.3) is 0 Å². The largest absolute Gasteiger partial charge is 0.315 e. The summed E-state index contributed by atoms with van der Waals surface area (Å²) in [6.45, 7) is 5.24. The van der Waals surface area contributed by atoms with Crippen molar-refractivity contribution in [3.8, 4) is 0 Å². The Labute approximate surface area is 131 Å². The zero-order valence-electron chi connectivity index (χ0n) is 12.6. The molecule has 1 N–H and O–H groups in total. The Hall–Kier alpha value is -0.470. The normalized spacial score (nSPS) is 27.9. The second-order valence-corrected chi connectivity index (χ2v) is 8.81. The predicted octanol–water partition coefficient (Wildman–Crippen LogP) is 1.32. The minimum atomic E-state index is -3.38. The van der Waals surface area contributed by atoms with E-state index in [9.17, 15) is 8.42 Å². The fraction of sp³-hybridized carbons (Fsp3) is 0.714. The lowest BCUT2D eigenvalue weighted by Gasteiger charge is -2.41. The number of fused-ring (bicyclic) bond motifs is 1. The Bertz CT molecular complexity index is 599. The van der Waals surface area contributed by atoms with E-state index in [4.69, 9.17) is 0 Å². The lowest BCUT2D eigenvalue weighted by Crippen LogP contribution is -2.56. The van der Waals surface area contributed by atoms with Gasteiger partial charge < -0.3 is 5.32 Å². The number of piperazine rings is 1. The molecule has 3 heterocycles. The van der Waals surface area contributed by atoms with Crippen LogP contribution in [0.4, 0.5) is 0 Å². The minimum Gasteiger partial charge on any atom is -0.315 e. The van der Waals surface area contributed by atoms with Crippen LogP contribution in [0.25, 0.3) is 0 Å². The van der Waals surface area contributed by atoms with Gasteiger partial charge in [-0.3, -0.25) is 4.90 Å². The van der Waals surface area contributed by atoms with Gasteiger partial charge >= 0.3 is 0 Å². The van der Waals surface area contributed by atoms with Crippen molar-refractivity contribution in [1.29, 1.82) is 0 Å². The summed E-state index contributed by atoms with van der Waals surface area (Å²) in [6, 6.07) is 2.20. The molecule has 2 atom stereocenters. The summed E-state index contributed by atoms with van der Waals surface area (Å²) in [5.41, 5.74) is 0. The summed E-state index contributed by atoms with van der Waals surface area (Å²) < 4.78 is 27.8. The first-order valence-electron chi connectivity index (χ1n) is 7.51. The Morgan fingerprint density at radius 2 is 2.24 bits per heavy atom. The van der Waals surface area contributed by atoms with Crippen LogP contribution in [0.5, 0.6) is 0 Å². The zero-order valence-corrected chi connectivity index (χ0v) is 14.2. The molecule has 0 bridgehead atoms. The maximum absolute atomic E-state index is 13.0. The minimum absolute atomic E-state index is 0.0479. The molecule has 0 saturated carbocycles. The van der Waals surface area contributed by atoms with E-state index >= 15 is 0 Å². The second kappa shape index (κ2) is 5.96. The molecular formula is C14H23N3O2S2. The van der Waals surface area contributed by atoms with Crippen LogP contribution in [0.2, 0.25) is 0 Å². The molecule has 1 aromatic rings. The predicted molar refractivity (Wildman–Crippen MR) is 85.0 cm³/mol. The van der Waals surface area contributed by atoms with Crippen LogP contribution in [0.15, 0.2) is 16.3 Å². The van der Waals surface area contributed by atoms with Gasteiger partial charge in [-0.2, -0.15) is 4.31 Å². The van der Waals surface area contributed by atoms with Crippen molar-refractivity contribution in [2.75, 3.05) is 26.7 Å². The molecule has 5 nitrogen and oxygen atoms in total. The molecule has 2 fully saturated rings. The maximum Gasteiger partial charge on any atom is 0.244 e. The van der Waals surface area contributed by atoms with Crippen molar-refractivity contribution >= 4 is 21.4 Å². The van der Waals surface area contributed by atoms with E-state index in [0.29, 0.717) is 24.0 Å². The SMILES string of the molecule is CNCc1sccc1S(=O)(=O)N1CC2CCCN2CC1C. The first-order valence-corrected chi connectivity index (χ1v) is 9.83. The first kappa shape index (κ1) is 15.4. The maximum atomic E-state index is 13.0. The molecule has 7 heteroatoms. The van der Waals surface area contributed by atoms with Crippen LogP contribution < -0.4 is 5.32 Å². The summed E-state index contributed by atoms with van der Waals surface area (Å²) >= 11 is 1.51. The smallest absolute Gasteiger partial charge is 0.244 e. The van der Waals surface area contributed by atoms with Gasteiger partial charge in [0.05, 0.1) is 4.90 Å². The molecule has 21 heavy (non-hydrogen) atoms. The Morgan fingerprint density at radius 1 is 1.43 bits per heavy atom. The molecule has 118 valence electrons. The highest BCUT2D eigenvalue weighted by Gasteiger charge is 2.40. The molecular weight excluding hydrogens is 306 g/mol. The summed E-state index contributed by atoms with van der Waals surface area (Å²) in [5, 5.41) is 4.92. The van der Waals surface area contributed by atoms with Gasteiger partial charge in [0, 0.05) is 36.6 Å². The lowest BCUT2D eigenvalue weighted by atomic mass is 10.1. The standard InChI is InChI=1S/C14H23N3O2S2/c1-11-9-16-6-3-4-12(16)10-17(11)21(18,19)14-5-7-20-13(14)8-15-2/h5,7,11-12,15H,3-4,6,8-10H2,1-2H3. The number of nitrogens with zero attached hydrogens (tertiary/aromatic N) is 2. The van der Waals surface area contributed by atoms with Gasteiger partial charge in [0.2, 0.25) is 10.0 Å². The van der Waals surface area contributed by atoms with Crippen molar-refractivity contribution in [3.63, 3.8) is 0 Å². The summed E-state index contributed by atoms with van der Waals surface area (Å²) in [4.78, 5) is 3.83. The quantitative estimate of drug-likeness (QED) is 0.905. The lowest BCUT2D eigenvalue weighted by molar-refractivity contribution is 0.117. The Kier molecular flexibility index (Phi) is 4.38. The van der Waals surface area contributed by atoms with Gasteiger partial charge in [-0.25, -0.2) is 8.42 Å². The van der Waals surface area contributed by atoms with Crippen molar-refractivity contribution in [2.45, 2.75) is 43.3 Å². The third-order valence-corrected chi connectivity index (χ3v) is 7.62. The zero-order chi connectivity index (χ0) is 15.0. The van der Waals surface area contributed by atoms with Crippen LogP contribution in [0.3, 0.4) is 0 Å². The van der Waals surface area contributed by atoms with Gasteiger partial charge in [-0.1, -0.05) is 0 Å². The summed E-state index contributed by atoms with van der Waals surface area (Å²) in [7, 11) is -1.54. The van der Waals surface area contributed by atoms with Crippen molar-refractivity contribution in [1.82, 2.24) is 14.5 Å². The number of thiophene rings is 1. The number of sulfonamides is 1. The molecule has 0 aliphatic carbocycles. The molecule has 2 aliphatic rings. The van der Waals surface area contributed by atoms with E-state index in [-0.39, 0.29) is 6.04 Å². The average molecular weight is 329 g/mol. The van der Waals surface area contributed by atoms with E-state index in [1.165, 1.54) is 17.8 Å². The second-order valence-electron chi connectivity index (χ2n) is 5.95. The van der Waals surface area contributed by atoms with Crippen LogP contribution in [-0.4, -0.2) is 56.4 Å². The van der Waals surface area contributed by atoms with Crippen LogP contribution in [-0.2, 0) is 16.6 Å². The first-order chi connectivity index (χ1) is 10.0. The van der Waals surface area contributed by atoms with Gasteiger partial charge in [-0.15, -0.1) is 11.3 Å². The van der Waals surface area contributed by atoms with Gasteiger partial charge in [-0.05, 0) is 44.8 Å². The van der Waals surface area contributed by atoms with E-state index in [1.807, 2.05) is 19.4 Å². The number of rotatable bonds is 4. The molecule has 0 spiro atoms.